The van der Waals surface area contributed by atoms with Gasteiger partial charge in [0.2, 0.25) is 0 Å². The zero-order chi connectivity index (χ0) is 14.1. The summed E-state index contributed by atoms with van der Waals surface area (Å²) in [7, 11) is 0. The minimum Gasteiger partial charge on any atom is -0.298 e. The maximum absolute atomic E-state index is 13.0. The van der Waals surface area contributed by atoms with Gasteiger partial charge in [0.1, 0.15) is 11.0 Å². The molecule has 104 valence electrons. The SMILES string of the molecule is O=Cc1c(C2CCCC2)nn(-c2ccc(F)cc2)c1Cl. The predicted octanol–water partition coefficient (Wildman–Crippen LogP) is 4.13. The first-order valence-electron chi connectivity index (χ1n) is 6.70. The molecule has 0 bridgehead atoms. The lowest BCUT2D eigenvalue weighted by molar-refractivity contribution is 0.112. The third-order valence-electron chi connectivity index (χ3n) is 3.82. The van der Waals surface area contributed by atoms with Crippen LogP contribution in [0.5, 0.6) is 0 Å². The maximum Gasteiger partial charge on any atom is 0.155 e. The lowest BCUT2D eigenvalue weighted by Crippen LogP contribution is -2.00. The molecule has 5 heteroatoms. The number of benzene rings is 1. The molecule has 0 N–H and O–H groups in total. The second-order valence-electron chi connectivity index (χ2n) is 5.08. The summed E-state index contributed by atoms with van der Waals surface area (Å²) < 4.78 is 14.5. The summed E-state index contributed by atoms with van der Waals surface area (Å²) in [5.74, 6) is -0.0157. The molecule has 0 atom stereocenters. The zero-order valence-corrected chi connectivity index (χ0v) is 11.6. The van der Waals surface area contributed by atoms with Gasteiger partial charge in [0.15, 0.2) is 6.29 Å². The first-order valence-corrected chi connectivity index (χ1v) is 7.08. The van der Waals surface area contributed by atoms with Gasteiger partial charge in [-0.15, -0.1) is 0 Å². The van der Waals surface area contributed by atoms with Crippen LogP contribution in [0.15, 0.2) is 24.3 Å². The predicted molar refractivity (Wildman–Crippen MR) is 75.1 cm³/mol. The first-order chi connectivity index (χ1) is 9.70. The van der Waals surface area contributed by atoms with Crippen molar-refractivity contribution in [3.05, 3.63) is 46.5 Å². The Balaban J connectivity index is 2.07. The van der Waals surface area contributed by atoms with E-state index < -0.39 is 0 Å². The summed E-state index contributed by atoms with van der Waals surface area (Å²) >= 11 is 6.26. The number of aromatic nitrogens is 2. The monoisotopic (exact) mass is 292 g/mol. The van der Waals surface area contributed by atoms with E-state index in [1.165, 1.54) is 16.8 Å². The van der Waals surface area contributed by atoms with Crippen molar-refractivity contribution in [3.8, 4) is 5.69 Å². The van der Waals surface area contributed by atoms with E-state index in [1.54, 1.807) is 12.1 Å². The highest BCUT2D eigenvalue weighted by atomic mass is 35.5. The highest BCUT2D eigenvalue weighted by molar-refractivity contribution is 6.32. The summed E-state index contributed by atoms with van der Waals surface area (Å²) in [4.78, 5) is 11.3. The first kappa shape index (κ1) is 13.3. The molecular formula is C15H14ClFN2O. The average molecular weight is 293 g/mol. The second kappa shape index (κ2) is 5.37. The van der Waals surface area contributed by atoms with E-state index in [0.717, 1.165) is 37.7 Å². The Kier molecular flexibility index (Phi) is 3.57. The van der Waals surface area contributed by atoms with Crippen LogP contribution in [0.25, 0.3) is 5.69 Å². The quantitative estimate of drug-likeness (QED) is 0.797. The third kappa shape index (κ3) is 2.24. The number of carbonyl (C=O) groups is 1. The highest BCUT2D eigenvalue weighted by Crippen LogP contribution is 2.37. The van der Waals surface area contributed by atoms with Crippen molar-refractivity contribution in [1.82, 2.24) is 9.78 Å². The number of hydrogen-bond acceptors (Lipinski definition) is 2. The van der Waals surface area contributed by atoms with Crippen LogP contribution in [0.1, 0.15) is 47.7 Å². The van der Waals surface area contributed by atoms with Crippen LogP contribution in [0.4, 0.5) is 4.39 Å². The highest BCUT2D eigenvalue weighted by Gasteiger charge is 2.26. The number of hydrogen-bond donors (Lipinski definition) is 0. The molecule has 1 aromatic carbocycles. The van der Waals surface area contributed by atoms with Gasteiger partial charge in [0, 0.05) is 5.92 Å². The van der Waals surface area contributed by atoms with Gasteiger partial charge in [-0.3, -0.25) is 4.79 Å². The Labute approximate surface area is 121 Å². The number of carbonyl (C=O) groups excluding carboxylic acids is 1. The van der Waals surface area contributed by atoms with Crippen LogP contribution in [-0.4, -0.2) is 16.1 Å². The van der Waals surface area contributed by atoms with Gasteiger partial charge < -0.3 is 0 Å². The summed E-state index contributed by atoms with van der Waals surface area (Å²) in [5.41, 5.74) is 1.89. The molecule has 0 unspecified atom stereocenters. The van der Waals surface area contributed by atoms with Gasteiger partial charge in [-0.25, -0.2) is 9.07 Å². The molecule has 1 aromatic heterocycles. The normalized spacial score (nSPS) is 15.7. The minimum atomic E-state index is -0.316. The molecule has 0 amide bonds. The molecule has 3 nitrogen and oxygen atoms in total. The molecular weight excluding hydrogens is 279 g/mol. The third-order valence-corrected chi connectivity index (χ3v) is 4.19. The number of aldehydes is 1. The van der Waals surface area contributed by atoms with Gasteiger partial charge in [0.05, 0.1) is 16.9 Å². The molecule has 1 aliphatic carbocycles. The van der Waals surface area contributed by atoms with E-state index in [9.17, 15) is 9.18 Å². The smallest absolute Gasteiger partial charge is 0.155 e. The summed E-state index contributed by atoms with van der Waals surface area (Å²) in [6.07, 6.45) is 5.16. The maximum atomic E-state index is 13.0. The van der Waals surface area contributed by atoms with Crippen molar-refractivity contribution < 1.29 is 9.18 Å². The van der Waals surface area contributed by atoms with Crippen LogP contribution >= 0.6 is 11.6 Å². The fraction of sp³-hybridized carbons (Fsp3) is 0.333. The van der Waals surface area contributed by atoms with Crippen LogP contribution < -0.4 is 0 Å². The molecule has 0 radical (unpaired) electrons. The summed E-state index contributed by atoms with van der Waals surface area (Å²) in [6.45, 7) is 0. The Hall–Kier alpha value is -1.68. The average Bonchev–Trinajstić information content (AvgIpc) is 3.07. The fourth-order valence-electron chi connectivity index (χ4n) is 2.79. The standard InChI is InChI=1S/C15H14ClFN2O/c16-15-13(9-20)14(10-3-1-2-4-10)18-19(15)12-7-5-11(17)6-8-12/h5-10H,1-4H2. The topological polar surface area (TPSA) is 34.9 Å². The molecule has 0 saturated heterocycles. The Bertz CT molecular complexity index is 630. The van der Waals surface area contributed by atoms with Crippen molar-refractivity contribution in [2.24, 2.45) is 0 Å². The fourth-order valence-corrected chi connectivity index (χ4v) is 3.07. The zero-order valence-electron chi connectivity index (χ0n) is 10.9. The van der Waals surface area contributed by atoms with Crippen molar-refractivity contribution in [2.75, 3.05) is 0 Å². The Morgan fingerprint density at radius 3 is 2.50 bits per heavy atom. The number of halogens is 2. The molecule has 0 spiro atoms. The molecule has 1 saturated carbocycles. The molecule has 1 fully saturated rings. The largest absolute Gasteiger partial charge is 0.298 e. The van der Waals surface area contributed by atoms with Crippen LogP contribution in [0.2, 0.25) is 5.15 Å². The second-order valence-corrected chi connectivity index (χ2v) is 5.44. The molecule has 3 rings (SSSR count). The lowest BCUT2D eigenvalue weighted by atomic mass is 10.0. The molecule has 20 heavy (non-hydrogen) atoms. The number of nitrogens with zero attached hydrogens (tertiary/aromatic N) is 2. The molecule has 1 heterocycles. The van der Waals surface area contributed by atoms with Gasteiger partial charge in [0.25, 0.3) is 0 Å². The summed E-state index contributed by atoms with van der Waals surface area (Å²) in [6, 6.07) is 5.90. The Morgan fingerprint density at radius 2 is 1.90 bits per heavy atom. The summed E-state index contributed by atoms with van der Waals surface area (Å²) in [5, 5.41) is 4.79. The number of rotatable bonds is 3. The Morgan fingerprint density at radius 1 is 1.25 bits per heavy atom. The van der Waals surface area contributed by atoms with Gasteiger partial charge in [-0.2, -0.15) is 5.10 Å². The van der Waals surface area contributed by atoms with E-state index in [1.807, 2.05) is 0 Å². The van der Waals surface area contributed by atoms with Gasteiger partial charge in [-0.05, 0) is 37.1 Å². The van der Waals surface area contributed by atoms with Crippen molar-refractivity contribution in [3.63, 3.8) is 0 Å². The minimum absolute atomic E-state index is 0.300. The van der Waals surface area contributed by atoms with E-state index in [4.69, 9.17) is 11.6 Å². The van der Waals surface area contributed by atoms with Crippen LogP contribution in [0.3, 0.4) is 0 Å². The molecule has 0 aliphatic heterocycles. The van der Waals surface area contributed by atoms with Crippen LogP contribution in [-0.2, 0) is 0 Å². The van der Waals surface area contributed by atoms with E-state index in [2.05, 4.69) is 5.10 Å². The van der Waals surface area contributed by atoms with Gasteiger partial charge >= 0.3 is 0 Å². The van der Waals surface area contributed by atoms with Crippen molar-refractivity contribution >= 4 is 17.9 Å². The van der Waals surface area contributed by atoms with Crippen LogP contribution in [0, 0.1) is 5.82 Å². The van der Waals surface area contributed by atoms with E-state index in [-0.39, 0.29) is 5.82 Å². The van der Waals surface area contributed by atoms with E-state index >= 15 is 0 Å². The molecule has 1 aliphatic rings. The lowest BCUT2D eigenvalue weighted by Gasteiger charge is -2.05. The van der Waals surface area contributed by atoms with Crippen molar-refractivity contribution in [2.45, 2.75) is 31.6 Å². The van der Waals surface area contributed by atoms with Crippen molar-refractivity contribution in [1.29, 1.82) is 0 Å². The van der Waals surface area contributed by atoms with Gasteiger partial charge in [-0.1, -0.05) is 24.4 Å². The van der Waals surface area contributed by atoms with E-state index in [0.29, 0.717) is 22.3 Å². The molecule has 2 aromatic rings.